The maximum absolute atomic E-state index is 12.0. The van der Waals surface area contributed by atoms with Gasteiger partial charge in [-0.1, -0.05) is 42.5 Å². The number of hydrogen-bond acceptors (Lipinski definition) is 3. The summed E-state index contributed by atoms with van der Waals surface area (Å²) in [5.74, 6) is 0.345. The number of rotatable bonds is 4. The summed E-state index contributed by atoms with van der Waals surface area (Å²) in [6.07, 6.45) is 1.59. The summed E-state index contributed by atoms with van der Waals surface area (Å²) in [6, 6.07) is 15.6. The maximum atomic E-state index is 12.0. The third-order valence-corrected chi connectivity index (χ3v) is 3.65. The number of ether oxygens (including phenoxy) is 1. The summed E-state index contributed by atoms with van der Waals surface area (Å²) in [5.41, 5.74) is 3.52. The molecule has 0 saturated carbocycles. The van der Waals surface area contributed by atoms with E-state index in [2.05, 4.69) is 15.5 Å². The Bertz CT molecular complexity index is 866. The van der Waals surface area contributed by atoms with Crippen molar-refractivity contribution in [1.82, 2.24) is 15.5 Å². The van der Waals surface area contributed by atoms with Crippen LogP contribution in [0, 0.1) is 0 Å². The lowest BCUT2D eigenvalue weighted by atomic mass is 9.94. The fraction of sp³-hybridized carbons (Fsp3) is 0.111. The predicted octanol–water partition coefficient (Wildman–Crippen LogP) is 2.75. The number of nitrogens with zero attached hydrogens (tertiary/aromatic N) is 1. The van der Waals surface area contributed by atoms with Gasteiger partial charge in [-0.15, -0.1) is 5.10 Å². The van der Waals surface area contributed by atoms with Crippen molar-refractivity contribution in [2.75, 3.05) is 14.2 Å². The molecule has 0 radical (unpaired) electrons. The number of carbonyl (C=O) groups excluding carboxylic acids is 1. The topological polar surface area (TPSA) is 67.0 Å². The van der Waals surface area contributed by atoms with Gasteiger partial charge in [-0.2, -0.15) is 0 Å². The van der Waals surface area contributed by atoms with Crippen LogP contribution in [0.1, 0.15) is 11.1 Å². The molecule has 1 amide bonds. The van der Waals surface area contributed by atoms with Gasteiger partial charge in [0.05, 0.1) is 18.0 Å². The molecule has 0 aliphatic rings. The van der Waals surface area contributed by atoms with Crippen molar-refractivity contribution in [2.45, 2.75) is 0 Å². The molecule has 116 valence electrons. The van der Waals surface area contributed by atoms with Crippen LogP contribution in [0.2, 0.25) is 0 Å². The molecule has 5 heteroatoms. The van der Waals surface area contributed by atoms with Gasteiger partial charge in [0.15, 0.2) is 0 Å². The van der Waals surface area contributed by atoms with Crippen LogP contribution < -0.4 is 10.1 Å². The molecule has 1 heterocycles. The first-order chi connectivity index (χ1) is 11.2. The number of hydrogen-bond donors (Lipinski definition) is 2. The molecule has 0 spiro atoms. The molecule has 3 aromatic rings. The minimum atomic E-state index is -0.164. The number of fused-ring (bicyclic) bond motifs is 1. The molecule has 0 fully saturated rings. The van der Waals surface area contributed by atoms with Crippen molar-refractivity contribution in [2.24, 2.45) is 0 Å². The monoisotopic (exact) mass is 307 g/mol. The number of methoxy groups -OCH3 is 1. The Balaban J connectivity index is 2.28. The molecule has 0 atom stereocenters. The zero-order chi connectivity index (χ0) is 16.2. The van der Waals surface area contributed by atoms with Crippen LogP contribution in [0.5, 0.6) is 5.88 Å². The average molecular weight is 307 g/mol. The summed E-state index contributed by atoms with van der Waals surface area (Å²) in [6.45, 7) is 0. The molecular formula is C18H17N3O2. The predicted molar refractivity (Wildman–Crippen MR) is 90.2 cm³/mol. The van der Waals surface area contributed by atoms with E-state index in [0.717, 1.165) is 27.6 Å². The lowest BCUT2D eigenvalue weighted by Gasteiger charge is -2.10. The van der Waals surface area contributed by atoms with E-state index >= 15 is 0 Å². The quantitative estimate of drug-likeness (QED) is 0.728. The summed E-state index contributed by atoms with van der Waals surface area (Å²) < 4.78 is 5.36. The summed E-state index contributed by atoms with van der Waals surface area (Å²) in [5, 5.41) is 10.6. The normalized spacial score (nSPS) is 11.5. The number of likely N-dealkylation sites (N-methyl/N-ethyl adjacent to an activating group) is 1. The molecular weight excluding hydrogens is 290 g/mol. The molecule has 0 aliphatic heterocycles. The Morgan fingerprint density at radius 2 is 1.96 bits per heavy atom. The number of H-pyrrole nitrogens is 1. The Morgan fingerprint density at radius 3 is 2.65 bits per heavy atom. The van der Waals surface area contributed by atoms with Crippen molar-refractivity contribution in [3.63, 3.8) is 0 Å². The molecule has 2 aromatic carbocycles. The van der Waals surface area contributed by atoms with Crippen LogP contribution in [0.4, 0.5) is 0 Å². The number of benzene rings is 2. The number of carbonyl (C=O) groups is 1. The van der Waals surface area contributed by atoms with Gasteiger partial charge in [-0.25, -0.2) is 0 Å². The van der Waals surface area contributed by atoms with Gasteiger partial charge in [0.1, 0.15) is 0 Å². The van der Waals surface area contributed by atoms with Gasteiger partial charge in [-0.05, 0) is 22.8 Å². The van der Waals surface area contributed by atoms with Gasteiger partial charge < -0.3 is 10.1 Å². The SMILES string of the molecule is CNC(=O)C=C(c1ccccc1)c1cccc2[nH]nc(OC)c12. The van der Waals surface area contributed by atoms with Crippen molar-refractivity contribution in [1.29, 1.82) is 0 Å². The van der Waals surface area contributed by atoms with Gasteiger partial charge in [-0.3, -0.25) is 9.89 Å². The largest absolute Gasteiger partial charge is 0.479 e. The summed E-state index contributed by atoms with van der Waals surface area (Å²) in [4.78, 5) is 12.0. The maximum Gasteiger partial charge on any atom is 0.244 e. The van der Waals surface area contributed by atoms with E-state index in [1.54, 1.807) is 20.2 Å². The average Bonchev–Trinajstić information content (AvgIpc) is 3.03. The van der Waals surface area contributed by atoms with E-state index in [-0.39, 0.29) is 5.91 Å². The molecule has 0 saturated heterocycles. The van der Waals surface area contributed by atoms with Gasteiger partial charge in [0, 0.05) is 13.1 Å². The van der Waals surface area contributed by atoms with Crippen LogP contribution in [0.25, 0.3) is 16.5 Å². The van der Waals surface area contributed by atoms with Crippen LogP contribution >= 0.6 is 0 Å². The summed E-state index contributed by atoms with van der Waals surface area (Å²) in [7, 11) is 3.19. The van der Waals surface area contributed by atoms with E-state index in [1.165, 1.54) is 0 Å². The van der Waals surface area contributed by atoms with E-state index in [4.69, 9.17) is 4.74 Å². The second-order valence-electron chi connectivity index (χ2n) is 5.00. The summed E-state index contributed by atoms with van der Waals surface area (Å²) >= 11 is 0. The van der Waals surface area contributed by atoms with Crippen molar-refractivity contribution >= 4 is 22.4 Å². The van der Waals surface area contributed by atoms with Crippen LogP contribution in [-0.4, -0.2) is 30.3 Å². The Kier molecular flexibility index (Phi) is 4.10. The zero-order valence-electron chi connectivity index (χ0n) is 13.0. The molecule has 0 unspecified atom stereocenters. The second-order valence-corrected chi connectivity index (χ2v) is 5.00. The van der Waals surface area contributed by atoms with Gasteiger partial charge >= 0.3 is 0 Å². The first kappa shape index (κ1) is 14.8. The van der Waals surface area contributed by atoms with Crippen LogP contribution in [-0.2, 0) is 4.79 Å². The molecule has 0 bridgehead atoms. The Labute approximate surface area is 134 Å². The third-order valence-electron chi connectivity index (χ3n) is 3.65. The fourth-order valence-corrected chi connectivity index (χ4v) is 2.55. The minimum absolute atomic E-state index is 0.164. The minimum Gasteiger partial charge on any atom is -0.479 e. The highest BCUT2D eigenvalue weighted by Gasteiger charge is 2.16. The molecule has 0 aliphatic carbocycles. The number of aromatic nitrogens is 2. The van der Waals surface area contributed by atoms with Crippen molar-refractivity contribution < 1.29 is 9.53 Å². The van der Waals surface area contributed by atoms with Gasteiger partial charge in [0.25, 0.3) is 0 Å². The molecule has 23 heavy (non-hydrogen) atoms. The van der Waals surface area contributed by atoms with Crippen molar-refractivity contribution in [3.8, 4) is 5.88 Å². The molecule has 5 nitrogen and oxygen atoms in total. The van der Waals surface area contributed by atoms with Gasteiger partial charge in [0.2, 0.25) is 11.8 Å². The fourth-order valence-electron chi connectivity index (χ4n) is 2.55. The molecule has 2 N–H and O–H groups in total. The highest BCUT2D eigenvalue weighted by molar-refractivity contribution is 6.05. The first-order valence-corrected chi connectivity index (χ1v) is 7.25. The Morgan fingerprint density at radius 1 is 1.17 bits per heavy atom. The lowest BCUT2D eigenvalue weighted by Crippen LogP contribution is -2.15. The van der Waals surface area contributed by atoms with E-state index in [0.29, 0.717) is 5.88 Å². The highest BCUT2D eigenvalue weighted by Crippen LogP contribution is 2.34. The first-order valence-electron chi connectivity index (χ1n) is 7.25. The van der Waals surface area contributed by atoms with E-state index < -0.39 is 0 Å². The van der Waals surface area contributed by atoms with E-state index in [1.807, 2.05) is 48.5 Å². The van der Waals surface area contributed by atoms with Crippen LogP contribution in [0.3, 0.4) is 0 Å². The zero-order valence-corrected chi connectivity index (χ0v) is 13.0. The number of amides is 1. The highest BCUT2D eigenvalue weighted by atomic mass is 16.5. The third kappa shape index (κ3) is 2.81. The van der Waals surface area contributed by atoms with Crippen LogP contribution in [0.15, 0.2) is 54.6 Å². The smallest absolute Gasteiger partial charge is 0.244 e. The standard InChI is InChI=1S/C18H17N3O2/c1-19-16(22)11-14(12-7-4-3-5-8-12)13-9-6-10-15-17(13)18(23-2)21-20-15/h3-11H,1-2H3,(H,19,22)(H,20,21). The Hall–Kier alpha value is -3.08. The lowest BCUT2D eigenvalue weighted by molar-refractivity contribution is -0.116. The molecule has 3 rings (SSSR count). The number of aromatic amines is 1. The second kappa shape index (κ2) is 6.36. The number of nitrogens with one attached hydrogen (secondary N) is 2. The van der Waals surface area contributed by atoms with Crippen molar-refractivity contribution in [3.05, 3.63) is 65.7 Å². The van der Waals surface area contributed by atoms with E-state index in [9.17, 15) is 4.79 Å². The molecule has 1 aromatic heterocycles.